The summed E-state index contributed by atoms with van der Waals surface area (Å²) in [6.45, 7) is 5.91. The second-order valence-electron chi connectivity index (χ2n) is 6.16. The Balaban J connectivity index is 2.01. The van der Waals surface area contributed by atoms with Gasteiger partial charge >= 0.3 is 0 Å². The van der Waals surface area contributed by atoms with Gasteiger partial charge in [-0.3, -0.25) is 4.90 Å². The molecule has 0 aromatic heterocycles. The molecule has 1 saturated heterocycles. The predicted octanol–water partition coefficient (Wildman–Crippen LogP) is 1.54. The Bertz CT molecular complexity index is 224. The lowest BCUT2D eigenvalue weighted by molar-refractivity contribution is 0.0282. The first-order valence-corrected chi connectivity index (χ1v) is 7.31. The molecule has 0 radical (unpaired) electrons. The fourth-order valence-corrected chi connectivity index (χ4v) is 3.65. The maximum absolute atomic E-state index is 3.59. The van der Waals surface area contributed by atoms with Crippen LogP contribution < -0.4 is 5.32 Å². The first-order chi connectivity index (χ1) is 8.18. The van der Waals surface area contributed by atoms with Gasteiger partial charge in [-0.2, -0.15) is 0 Å². The van der Waals surface area contributed by atoms with E-state index in [1.807, 2.05) is 0 Å². The van der Waals surface area contributed by atoms with Crippen LogP contribution in [0.25, 0.3) is 0 Å². The fraction of sp³-hybridized carbons (Fsp3) is 1.00. The van der Waals surface area contributed by atoms with Crippen LogP contribution in [0.4, 0.5) is 0 Å². The maximum atomic E-state index is 3.59. The van der Waals surface area contributed by atoms with Gasteiger partial charge in [-0.05, 0) is 33.9 Å². The third-order valence-corrected chi connectivity index (χ3v) is 4.32. The topological polar surface area (TPSA) is 18.5 Å². The van der Waals surface area contributed by atoms with Crippen LogP contribution in [0.15, 0.2) is 0 Å². The number of hydrogen-bond donors (Lipinski definition) is 1. The minimum absolute atomic E-state index is 0.705. The molecule has 3 heteroatoms. The Kier molecular flexibility index (Phi) is 4.83. The Morgan fingerprint density at radius 3 is 2.47 bits per heavy atom. The summed E-state index contributed by atoms with van der Waals surface area (Å²) in [5, 5.41) is 3.59. The largest absolute Gasteiger partial charge is 0.314 e. The van der Waals surface area contributed by atoms with Crippen molar-refractivity contribution in [1.29, 1.82) is 0 Å². The van der Waals surface area contributed by atoms with E-state index in [1.54, 1.807) is 0 Å². The molecule has 17 heavy (non-hydrogen) atoms. The number of nitrogens with zero attached hydrogens (tertiary/aromatic N) is 2. The highest BCUT2D eigenvalue weighted by atomic mass is 15.3. The Hall–Kier alpha value is -0.120. The standard InChI is InChI=1S/C14H29N3/c1-12-9-15-10-14(11-16(2)3)17(12)13-7-5-4-6-8-13/h12-15H,4-11H2,1-3H3. The molecule has 0 bridgehead atoms. The summed E-state index contributed by atoms with van der Waals surface area (Å²) in [4.78, 5) is 5.16. The Morgan fingerprint density at radius 2 is 1.82 bits per heavy atom. The summed E-state index contributed by atoms with van der Waals surface area (Å²) in [6, 6.07) is 2.26. The van der Waals surface area contributed by atoms with Crippen LogP contribution in [0.2, 0.25) is 0 Å². The molecule has 100 valence electrons. The van der Waals surface area contributed by atoms with Gasteiger partial charge in [-0.1, -0.05) is 19.3 Å². The van der Waals surface area contributed by atoms with Gasteiger partial charge in [0.25, 0.3) is 0 Å². The minimum Gasteiger partial charge on any atom is -0.314 e. The summed E-state index contributed by atoms with van der Waals surface area (Å²) < 4.78 is 0. The van der Waals surface area contributed by atoms with Crippen LogP contribution in [-0.4, -0.2) is 61.7 Å². The zero-order valence-electron chi connectivity index (χ0n) is 11.8. The van der Waals surface area contributed by atoms with Crippen molar-refractivity contribution in [2.45, 2.75) is 57.2 Å². The van der Waals surface area contributed by atoms with Gasteiger partial charge in [0.15, 0.2) is 0 Å². The molecule has 0 aromatic rings. The first-order valence-electron chi connectivity index (χ1n) is 7.31. The molecule has 2 rings (SSSR count). The van der Waals surface area contributed by atoms with Crippen molar-refractivity contribution in [2.75, 3.05) is 33.7 Å². The third-order valence-electron chi connectivity index (χ3n) is 4.32. The van der Waals surface area contributed by atoms with Gasteiger partial charge in [-0.15, -0.1) is 0 Å². The van der Waals surface area contributed by atoms with Crippen LogP contribution in [0.5, 0.6) is 0 Å². The first kappa shape index (κ1) is 13.3. The number of likely N-dealkylation sites (N-methyl/N-ethyl adjacent to an activating group) is 1. The summed E-state index contributed by atoms with van der Waals surface area (Å²) in [5.41, 5.74) is 0. The highest BCUT2D eigenvalue weighted by Gasteiger charge is 2.33. The number of hydrogen-bond acceptors (Lipinski definition) is 3. The zero-order chi connectivity index (χ0) is 12.3. The highest BCUT2D eigenvalue weighted by Crippen LogP contribution is 2.27. The van der Waals surface area contributed by atoms with Crippen molar-refractivity contribution in [3.63, 3.8) is 0 Å². The second kappa shape index (κ2) is 6.17. The van der Waals surface area contributed by atoms with Gasteiger partial charge in [0, 0.05) is 37.8 Å². The van der Waals surface area contributed by atoms with E-state index in [9.17, 15) is 0 Å². The molecule has 2 aliphatic rings. The summed E-state index contributed by atoms with van der Waals surface area (Å²) >= 11 is 0. The van der Waals surface area contributed by atoms with E-state index in [1.165, 1.54) is 51.7 Å². The fourth-order valence-electron chi connectivity index (χ4n) is 3.65. The molecule has 0 spiro atoms. The summed E-state index contributed by atoms with van der Waals surface area (Å²) in [7, 11) is 4.39. The Labute approximate surface area is 107 Å². The van der Waals surface area contributed by atoms with E-state index in [0.29, 0.717) is 12.1 Å². The minimum atomic E-state index is 0.705. The van der Waals surface area contributed by atoms with E-state index in [4.69, 9.17) is 0 Å². The van der Waals surface area contributed by atoms with Crippen LogP contribution in [0, 0.1) is 0 Å². The molecule has 2 unspecified atom stereocenters. The van der Waals surface area contributed by atoms with Crippen molar-refractivity contribution in [2.24, 2.45) is 0 Å². The molecule has 3 nitrogen and oxygen atoms in total. The van der Waals surface area contributed by atoms with E-state index < -0.39 is 0 Å². The van der Waals surface area contributed by atoms with Gasteiger partial charge < -0.3 is 10.2 Å². The zero-order valence-corrected chi connectivity index (χ0v) is 11.8. The monoisotopic (exact) mass is 239 g/mol. The molecular weight excluding hydrogens is 210 g/mol. The molecule has 2 fully saturated rings. The van der Waals surface area contributed by atoms with Gasteiger partial charge in [0.1, 0.15) is 0 Å². The van der Waals surface area contributed by atoms with Crippen molar-refractivity contribution >= 4 is 0 Å². The number of piperazine rings is 1. The van der Waals surface area contributed by atoms with Crippen molar-refractivity contribution in [3.8, 4) is 0 Å². The van der Waals surface area contributed by atoms with Gasteiger partial charge in [0.2, 0.25) is 0 Å². The average Bonchev–Trinajstić information content (AvgIpc) is 2.29. The van der Waals surface area contributed by atoms with E-state index in [0.717, 1.165) is 6.04 Å². The van der Waals surface area contributed by atoms with Crippen LogP contribution >= 0.6 is 0 Å². The van der Waals surface area contributed by atoms with Crippen LogP contribution in [0.3, 0.4) is 0 Å². The van der Waals surface area contributed by atoms with Crippen molar-refractivity contribution in [1.82, 2.24) is 15.1 Å². The molecule has 1 saturated carbocycles. The van der Waals surface area contributed by atoms with Crippen molar-refractivity contribution in [3.05, 3.63) is 0 Å². The molecule has 2 atom stereocenters. The summed E-state index contributed by atoms with van der Waals surface area (Å²) in [5.74, 6) is 0. The molecular formula is C14H29N3. The molecule has 0 aromatic carbocycles. The lowest BCUT2D eigenvalue weighted by atomic mass is 9.91. The third kappa shape index (κ3) is 3.43. The highest BCUT2D eigenvalue weighted by molar-refractivity contribution is 4.91. The van der Waals surface area contributed by atoms with E-state index in [-0.39, 0.29) is 0 Å². The van der Waals surface area contributed by atoms with Crippen molar-refractivity contribution < 1.29 is 0 Å². The summed E-state index contributed by atoms with van der Waals surface area (Å²) in [6.07, 6.45) is 7.18. The van der Waals surface area contributed by atoms with E-state index >= 15 is 0 Å². The van der Waals surface area contributed by atoms with Crippen LogP contribution in [-0.2, 0) is 0 Å². The lowest BCUT2D eigenvalue weighted by Crippen LogP contribution is -2.62. The van der Waals surface area contributed by atoms with E-state index in [2.05, 4.69) is 36.1 Å². The molecule has 1 aliphatic heterocycles. The van der Waals surface area contributed by atoms with Crippen LogP contribution in [0.1, 0.15) is 39.0 Å². The molecule has 1 heterocycles. The normalized spacial score (nSPS) is 33.2. The second-order valence-corrected chi connectivity index (χ2v) is 6.16. The molecule has 1 N–H and O–H groups in total. The molecule has 1 aliphatic carbocycles. The Morgan fingerprint density at radius 1 is 1.12 bits per heavy atom. The number of nitrogens with one attached hydrogen (secondary N) is 1. The predicted molar refractivity (Wildman–Crippen MR) is 73.4 cm³/mol. The average molecular weight is 239 g/mol. The quantitative estimate of drug-likeness (QED) is 0.806. The smallest absolute Gasteiger partial charge is 0.0353 e. The van der Waals surface area contributed by atoms with Gasteiger partial charge in [-0.25, -0.2) is 0 Å². The van der Waals surface area contributed by atoms with Gasteiger partial charge in [0.05, 0.1) is 0 Å². The molecule has 0 amide bonds. The lowest BCUT2D eigenvalue weighted by Gasteiger charge is -2.47. The number of rotatable bonds is 3. The SMILES string of the molecule is CC1CNCC(CN(C)C)N1C1CCCCC1. The maximum Gasteiger partial charge on any atom is 0.0353 e.